The maximum Gasteiger partial charge on any atom is 0.247 e. The number of pyridine rings is 1. The van der Waals surface area contributed by atoms with Gasteiger partial charge in [-0.3, -0.25) is 4.79 Å². The van der Waals surface area contributed by atoms with E-state index in [0.717, 1.165) is 48.1 Å². The van der Waals surface area contributed by atoms with E-state index in [0.29, 0.717) is 34.9 Å². The van der Waals surface area contributed by atoms with Crippen molar-refractivity contribution >= 4 is 40.0 Å². The van der Waals surface area contributed by atoms with Crippen LogP contribution in [-0.4, -0.2) is 45.6 Å². The summed E-state index contributed by atoms with van der Waals surface area (Å²) in [6.07, 6.45) is 7.16. The number of ether oxygens (including phenoxy) is 1. The van der Waals surface area contributed by atoms with Gasteiger partial charge in [0.05, 0.1) is 18.5 Å². The highest BCUT2D eigenvalue weighted by atomic mass is 16.5. The molecular weight excluding hydrogens is 466 g/mol. The number of nitrogens with one attached hydrogen (secondary N) is 2. The Morgan fingerprint density at radius 3 is 2.70 bits per heavy atom. The van der Waals surface area contributed by atoms with Crippen molar-refractivity contribution in [3.05, 3.63) is 61.4 Å². The van der Waals surface area contributed by atoms with E-state index in [1.54, 1.807) is 13.3 Å². The number of para-hydroxylation sites is 1. The maximum absolute atomic E-state index is 12.2. The van der Waals surface area contributed by atoms with Gasteiger partial charge in [-0.2, -0.15) is 4.98 Å². The van der Waals surface area contributed by atoms with Crippen LogP contribution in [0.15, 0.2) is 61.4 Å². The first-order valence-electron chi connectivity index (χ1n) is 12.4. The van der Waals surface area contributed by atoms with Gasteiger partial charge >= 0.3 is 0 Å². The van der Waals surface area contributed by atoms with Gasteiger partial charge in [-0.1, -0.05) is 31.7 Å². The van der Waals surface area contributed by atoms with Gasteiger partial charge in [0.15, 0.2) is 5.82 Å². The molecule has 0 radical (unpaired) electrons. The van der Waals surface area contributed by atoms with Gasteiger partial charge in [-0.05, 0) is 43.0 Å². The summed E-state index contributed by atoms with van der Waals surface area (Å²) < 4.78 is 7.73. The highest BCUT2D eigenvalue weighted by Crippen LogP contribution is 2.37. The van der Waals surface area contributed by atoms with Crippen molar-refractivity contribution in [1.82, 2.24) is 19.5 Å². The van der Waals surface area contributed by atoms with Crippen molar-refractivity contribution in [3.8, 4) is 17.1 Å². The lowest BCUT2D eigenvalue weighted by molar-refractivity contribution is -0.111. The van der Waals surface area contributed by atoms with Crippen LogP contribution in [0, 0.1) is 5.92 Å². The van der Waals surface area contributed by atoms with Crippen LogP contribution in [-0.2, 0) is 11.8 Å². The molecule has 0 aliphatic carbocycles. The zero-order valence-electron chi connectivity index (χ0n) is 21.4. The fraction of sp³-hybridized carbons (Fsp3) is 0.286. The van der Waals surface area contributed by atoms with E-state index in [1.165, 1.54) is 6.08 Å². The molecule has 1 aromatic carbocycles. The highest BCUT2D eigenvalue weighted by Gasteiger charge is 2.23. The minimum atomic E-state index is -0.307. The predicted molar refractivity (Wildman–Crippen MR) is 147 cm³/mol. The minimum Gasteiger partial charge on any atom is -0.479 e. The van der Waals surface area contributed by atoms with Crippen molar-refractivity contribution < 1.29 is 9.53 Å². The Morgan fingerprint density at radius 1 is 1.16 bits per heavy atom. The number of anilines is 4. The highest BCUT2D eigenvalue weighted by molar-refractivity contribution is 6.01. The van der Waals surface area contributed by atoms with Crippen LogP contribution in [0.3, 0.4) is 0 Å². The van der Waals surface area contributed by atoms with Gasteiger partial charge in [-0.15, -0.1) is 0 Å². The number of rotatable bonds is 7. The fourth-order valence-corrected chi connectivity index (χ4v) is 4.70. The first-order valence-corrected chi connectivity index (χ1v) is 12.4. The lowest BCUT2D eigenvalue weighted by Crippen LogP contribution is -2.34. The number of carbonyl (C=O) groups is 1. The van der Waals surface area contributed by atoms with Crippen molar-refractivity contribution in [2.45, 2.75) is 19.8 Å². The third-order valence-corrected chi connectivity index (χ3v) is 6.76. The number of amides is 1. The number of methoxy groups -OCH3 is 1. The van der Waals surface area contributed by atoms with Gasteiger partial charge in [0.1, 0.15) is 5.69 Å². The molecule has 1 aliphatic rings. The Labute approximate surface area is 216 Å². The molecule has 3 aromatic heterocycles. The Kier molecular flexibility index (Phi) is 6.76. The summed E-state index contributed by atoms with van der Waals surface area (Å²) in [6, 6.07) is 11.9. The molecule has 37 heavy (non-hydrogen) atoms. The third kappa shape index (κ3) is 4.97. The normalized spacial score (nSPS) is 14.0. The largest absolute Gasteiger partial charge is 0.479 e. The first-order chi connectivity index (χ1) is 18.0. The van der Waals surface area contributed by atoms with E-state index in [1.807, 2.05) is 31.3 Å². The molecule has 9 nitrogen and oxygen atoms in total. The van der Waals surface area contributed by atoms with Gasteiger partial charge < -0.3 is 24.8 Å². The average Bonchev–Trinajstić information content (AvgIpc) is 3.26. The predicted octanol–water partition coefficient (Wildman–Crippen LogP) is 5.14. The van der Waals surface area contributed by atoms with Gasteiger partial charge in [0, 0.05) is 49.0 Å². The molecule has 9 heteroatoms. The molecule has 4 heterocycles. The molecule has 1 amide bonds. The number of piperidine rings is 1. The zero-order chi connectivity index (χ0) is 25.9. The van der Waals surface area contributed by atoms with Gasteiger partial charge in [0.2, 0.25) is 17.7 Å². The zero-order valence-corrected chi connectivity index (χ0v) is 21.4. The summed E-state index contributed by atoms with van der Waals surface area (Å²) in [7, 11) is 3.59. The van der Waals surface area contributed by atoms with Crippen LogP contribution in [0.1, 0.15) is 19.8 Å². The summed E-state index contributed by atoms with van der Waals surface area (Å²) in [4.78, 5) is 28.4. The quantitative estimate of drug-likeness (QED) is 0.341. The number of aromatic nitrogens is 4. The van der Waals surface area contributed by atoms with Crippen molar-refractivity contribution in [2.75, 3.05) is 35.7 Å². The number of fused-ring (bicyclic) bond motifs is 1. The molecule has 1 aliphatic heterocycles. The molecule has 2 N–H and O–H groups in total. The van der Waals surface area contributed by atoms with Crippen LogP contribution in [0.5, 0.6) is 5.88 Å². The molecule has 0 saturated carbocycles. The summed E-state index contributed by atoms with van der Waals surface area (Å²) in [5.74, 6) is 1.82. The SMILES string of the molecule is C=CC(=O)Nc1cc(Nc2nccc(-c3cn(C)c4ccccc34)n2)c(OC)nc1N1CCC(C)CC1. The van der Waals surface area contributed by atoms with E-state index < -0.39 is 0 Å². The summed E-state index contributed by atoms with van der Waals surface area (Å²) in [6.45, 7) is 7.56. The van der Waals surface area contributed by atoms with Gasteiger partial charge in [0.25, 0.3) is 0 Å². The minimum absolute atomic E-state index is 0.307. The molecule has 0 unspecified atom stereocenters. The molecule has 1 saturated heterocycles. The summed E-state index contributed by atoms with van der Waals surface area (Å²) >= 11 is 0. The van der Waals surface area contributed by atoms with E-state index >= 15 is 0 Å². The Hall–Kier alpha value is -4.40. The van der Waals surface area contributed by atoms with Crippen LogP contribution < -0.4 is 20.3 Å². The summed E-state index contributed by atoms with van der Waals surface area (Å²) in [5.41, 5.74) is 4.06. The van der Waals surface area contributed by atoms with Crippen LogP contribution in [0.25, 0.3) is 22.2 Å². The molecule has 0 bridgehead atoms. The van der Waals surface area contributed by atoms with E-state index in [4.69, 9.17) is 14.7 Å². The average molecular weight is 498 g/mol. The molecule has 190 valence electrons. The Balaban J connectivity index is 1.51. The molecule has 4 aromatic rings. The lowest BCUT2D eigenvalue weighted by atomic mass is 9.99. The van der Waals surface area contributed by atoms with E-state index in [9.17, 15) is 4.79 Å². The first kappa shape index (κ1) is 24.3. The molecule has 1 fully saturated rings. The second-order valence-corrected chi connectivity index (χ2v) is 9.34. The van der Waals surface area contributed by atoms with Crippen LogP contribution in [0.4, 0.5) is 23.1 Å². The number of aryl methyl sites for hydroxylation is 1. The monoisotopic (exact) mass is 497 g/mol. The standard InChI is InChI=1S/C28H31N7O2/c1-5-25(36)30-22-16-23(27(37-4)33-26(22)35-14-11-18(2)12-15-35)32-28-29-13-10-21(31-28)20-17-34(3)24-9-7-6-8-19(20)24/h5-10,13,16-18H,1,11-12,14-15H2,2-4H3,(H,30,36)(H,29,31,32). The summed E-state index contributed by atoms with van der Waals surface area (Å²) in [5, 5.41) is 7.27. The third-order valence-electron chi connectivity index (χ3n) is 6.76. The number of carbonyl (C=O) groups excluding carboxylic acids is 1. The number of nitrogens with zero attached hydrogens (tertiary/aromatic N) is 5. The molecule has 0 atom stereocenters. The topological polar surface area (TPSA) is 97.2 Å². The van der Waals surface area contributed by atoms with Crippen LogP contribution in [0.2, 0.25) is 0 Å². The van der Waals surface area contributed by atoms with Crippen molar-refractivity contribution in [3.63, 3.8) is 0 Å². The smallest absolute Gasteiger partial charge is 0.247 e. The van der Waals surface area contributed by atoms with E-state index in [-0.39, 0.29) is 5.91 Å². The number of hydrogen-bond acceptors (Lipinski definition) is 7. The van der Waals surface area contributed by atoms with E-state index in [2.05, 4.69) is 56.9 Å². The Morgan fingerprint density at radius 2 is 1.95 bits per heavy atom. The van der Waals surface area contributed by atoms with Crippen molar-refractivity contribution in [2.24, 2.45) is 13.0 Å². The van der Waals surface area contributed by atoms with Crippen LogP contribution >= 0.6 is 0 Å². The molecule has 0 spiro atoms. The fourth-order valence-electron chi connectivity index (χ4n) is 4.70. The molecule has 5 rings (SSSR count). The second-order valence-electron chi connectivity index (χ2n) is 9.34. The lowest BCUT2D eigenvalue weighted by Gasteiger charge is -2.32. The Bertz CT molecular complexity index is 1450. The molecular formula is C28H31N7O2. The van der Waals surface area contributed by atoms with Crippen molar-refractivity contribution in [1.29, 1.82) is 0 Å². The van der Waals surface area contributed by atoms with Gasteiger partial charge in [-0.25, -0.2) is 9.97 Å². The second kappa shape index (κ2) is 10.3. The number of benzene rings is 1. The number of hydrogen-bond donors (Lipinski definition) is 2. The maximum atomic E-state index is 12.2.